The summed E-state index contributed by atoms with van der Waals surface area (Å²) in [6.45, 7) is -0.147. The van der Waals surface area contributed by atoms with Crippen LogP contribution in [0, 0.1) is 3.57 Å². The lowest BCUT2D eigenvalue weighted by Crippen LogP contribution is -2.13. The molecule has 0 bridgehead atoms. The van der Waals surface area contributed by atoms with Crippen LogP contribution >= 0.6 is 34.4 Å². The Morgan fingerprint density at radius 2 is 2.29 bits per heavy atom. The lowest BCUT2D eigenvalue weighted by atomic mass is 10.2. The summed E-state index contributed by atoms with van der Waals surface area (Å²) in [4.78, 5) is 26.7. The van der Waals surface area contributed by atoms with Gasteiger partial charge in [0.2, 0.25) is 0 Å². The number of methoxy groups -OCH3 is 1. The van der Waals surface area contributed by atoms with Crippen molar-refractivity contribution >= 4 is 57.5 Å². The Labute approximate surface area is 138 Å². The molecule has 1 aromatic rings. The molecule has 0 aromatic heterocycles. The van der Waals surface area contributed by atoms with Gasteiger partial charge in [-0.2, -0.15) is 4.99 Å². The number of hydrogen-bond donors (Lipinski definition) is 1. The van der Waals surface area contributed by atoms with Crippen molar-refractivity contribution < 1.29 is 19.1 Å². The van der Waals surface area contributed by atoms with Crippen LogP contribution in [0.3, 0.4) is 0 Å². The number of benzene rings is 1. The number of carbonyl (C=O) groups excluding carboxylic acids is 2. The number of nitrogens with zero attached hydrogens (tertiary/aromatic N) is 1. The zero-order valence-corrected chi connectivity index (χ0v) is 13.9. The Morgan fingerprint density at radius 3 is 2.86 bits per heavy atom. The normalized spacial score (nSPS) is 16.0. The van der Waals surface area contributed by atoms with Crippen molar-refractivity contribution in [1.82, 2.24) is 0 Å². The number of amides is 1. The van der Waals surface area contributed by atoms with E-state index < -0.39 is 5.97 Å². The van der Waals surface area contributed by atoms with Crippen LogP contribution in [-0.4, -0.2) is 30.8 Å². The molecule has 1 heterocycles. The first-order chi connectivity index (χ1) is 9.99. The molecule has 1 aliphatic heterocycles. The lowest BCUT2D eigenvalue weighted by Gasteiger charge is -2.07. The van der Waals surface area contributed by atoms with E-state index in [9.17, 15) is 9.59 Å². The SMILES string of the molecule is COC(=O)COc1ccc(/C=C2/SC(N)=NC2=O)cc1I. The summed E-state index contributed by atoms with van der Waals surface area (Å²) in [5, 5.41) is 0.249. The molecule has 1 amide bonds. The standard InChI is InChI=1S/C13H11IN2O4S/c1-19-11(17)6-20-9-3-2-7(4-8(9)14)5-10-12(18)16-13(15)21-10/h2-5H,6H2,1H3,(H2,15,16,18)/b10-5+. The summed E-state index contributed by atoms with van der Waals surface area (Å²) >= 11 is 3.23. The third-order valence-corrected chi connectivity index (χ3v) is 4.12. The molecule has 8 heteroatoms. The van der Waals surface area contributed by atoms with Crippen molar-refractivity contribution in [3.05, 3.63) is 32.2 Å². The number of rotatable bonds is 4. The zero-order valence-electron chi connectivity index (χ0n) is 11.0. The van der Waals surface area contributed by atoms with Gasteiger partial charge < -0.3 is 15.2 Å². The van der Waals surface area contributed by atoms with Crippen LogP contribution in [0.4, 0.5) is 0 Å². The van der Waals surface area contributed by atoms with Gasteiger partial charge in [0.1, 0.15) is 5.75 Å². The Kier molecular flexibility index (Phi) is 5.23. The summed E-state index contributed by atoms with van der Waals surface area (Å²) in [7, 11) is 1.30. The van der Waals surface area contributed by atoms with Crippen LogP contribution in [-0.2, 0) is 14.3 Å². The van der Waals surface area contributed by atoms with E-state index in [4.69, 9.17) is 10.5 Å². The van der Waals surface area contributed by atoms with Gasteiger partial charge in [-0.05, 0) is 58.1 Å². The van der Waals surface area contributed by atoms with Crippen molar-refractivity contribution in [1.29, 1.82) is 0 Å². The van der Waals surface area contributed by atoms with Crippen LogP contribution in [0.15, 0.2) is 28.1 Å². The topological polar surface area (TPSA) is 91.0 Å². The van der Waals surface area contributed by atoms with E-state index in [1.165, 1.54) is 7.11 Å². The molecule has 2 rings (SSSR count). The molecular formula is C13H11IN2O4S. The molecule has 0 fully saturated rings. The van der Waals surface area contributed by atoms with Crippen LogP contribution in [0.25, 0.3) is 6.08 Å². The summed E-state index contributed by atoms with van der Waals surface area (Å²) in [5.41, 5.74) is 6.31. The number of aliphatic imine (C=N–C) groups is 1. The maximum atomic E-state index is 11.5. The van der Waals surface area contributed by atoms with Crippen molar-refractivity contribution in [2.24, 2.45) is 10.7 Å². The minimum atomic E-state index is -0.447. The molecule has 0 atom stereocenters. The van der Waals surface area contributed by atoms with Gasteiger partial charge >= 0.3 is 5.97 Å². The average Bonchev–Trinajstić information content (AvgIpc) is 2.75. The van der Waals surface area contributed by atoms with E-state index in [1.54, 1.807) is 18.2 Å². The van der Waals surface area contributed by atoms with E-state index in [1.807, 2.05) is 6.07 Å². The second kappa shape index (κ2) is 6.94. The van der Waals surface area contributed by atoms with Gasteiger partial charge in [-0.3, -0.25) is 4.79 Å². The van der Waals surface area contributed by atoms with Crippen molar-refractivity contribution in [2.75, 3.05) is 13.7 Å². The third kappa shape index (κ3) is 4.21. The number of carbonyl (C=O) groups is 2. The molecule has 6 nitrogen and oxygen atoms in total. The lowest BCUT2D eigenvalue weighted by molar-refractivity contribution is -0.142. The Hall–Kier alpha value is -1.55. The van der Waals surface area contributed by atoms with Crippen LogP contribution in [0.5, 0.6) is 5.75 Å². The number of nitrogens with two attached hydrogens (primary N) is 1. The van der Waals surface area contributed by atoms with Gasteiger partial charge in [-0.25, -0.2) is 4.79 Å². The number of ether oxygens (including phenoxy) is 2. The number of halogens is 1. The van der Waals surface area contributed by atoms with Crippen molar-refractivity contribution in [3.63, 3.8) is 0 Å². The Bertz CT molecular complexity index is 658. The van der Waals surface area contributed by atoms with Gasteiger partial charge in [0.15, 0.2) is 11.8 Å². The molecule has 0 saturated carbocycles. The maximum Gasteiger partial charge on any atom is 0.343 e. The van der Waals surface area contributed by atoms with Gasteiger partial charge in [0.25, 0.3) is 5.91 Å². The molecule has 21 heavy (non-hydrogen) atoms. The Morgan fingerprint density at radius 1 is 1.52 bits per heavy atom. The fraction of sp³-hybridized carbons (Fsp3) is 0.154. The second-order valence-electron chi connectivity index (χ2n) is 3.92. The minimum Gasteiger partial charge on any atom is -0.481 e. The second-order valence-corrected chi connectivity index (χ2v) is 6.14. The molecule has 1 aromatic carbocycles. The summed E-state index contributed by atoms with van der Waals surface area (Å²) < 4.78 is 10.7. The average molecular weight is 418 g/mol. The van der Waals surface area contributed by atoms with Crippen molar-refractivity contribution in [3.8, 4) is 5.75 Å². The predicted molar refractivity (Wildman–Crippen MR) is 88.9 cm³/mol. The van der Waals surface area contributed by atoms with E-state index in [0.29, 0.717) is 10.7 Å². The molecule has 0 saturated heterocycles. The Balaban J connectivity index is 2.11. The minimum absolute atomic E-state index is 0.147. The smallest absolute Gasteiger partial charge is 0.343 e. The molecule has 110 valence electrons. The first-order valence-electron chi connectivity index (χ1n) is 5.77. The molecule has 0 radical (unpaired) electrons. The van der Waals surface area contributed by atoms with Gasteiger partial charge in [-0.15, -0.1) is 0 Å². The summed E-state index contributed by atoms with van der Waals surface area (Å²) in [6, 6.07) is 5.35. The first-order valence-corrected chi connectivity index (χ1v) is 7.66. The van der Waals surface area contributed by atoms with E-state index in [-0.39, 0.29) is 17.7 Å². The molecule has 0 aliphatic carbocycles. The number of thioether (sulfide) groups is 1. The highest BCUT2D eigenvalue weighted by atomic mass is 127. The van der Waals surface area contributed by atoms with Crippen LogP contribution < -0.4 is 10.5 Å². The fourth-order valence-electron chi connectivity index (χ4n) is 1.50. The third-order valence-electron chi connectivity index (χ3n) is 2.46. The molecule has 2 N–H and O–H groups in total. The summed E-state index contributed by atoms with van der Waals surface area (Å²) in [6.07, 6.45) is 1.71. The van der Waals surface area contributed by atoms with Gasteiger partial charge in [0, 0.05) is 0 Å². The number of esters is 1. The van der Waals surface area contributed by atoms with E-state index >= 15 is 0 Å². The van der Waals surface area contributed by atoms with Gasteiger partial charge in [-0.1, -0.05) is 6.07 Å². The number of hydrogen-bond acceptors (Lipinski definition) is 6. The van der Waals surface area contributed by atoms with E-state index in [2.05, 4.69) is 32.3 Å². The quantitative estimate of drug-likeness (QED) is 0.456. The molecular weight excluding hydrogens is 407 g/mol. The maximum absolute atomic E-state index is 11.5. The summed E-state index contributed by atoms with van der Waals surface area (Å²) in [5.74, 6) is -0.208. The highest BCUT2D eigenvalue weighted by Crippen LogP contribution is 2.28. The van der Waals surface area contributed by atoms with Gasteiger partial charge in [0.05, 0.1) is 15.6 Å². The monoisotopic (exact) mass is 418 g/mol. The predicted octanol–water partition coefficient (Wildman–Crippen LogP) is 1.77. The molecule has 1 aliphatic rings. The highest BCUT2D eigenvalue weighted by Gasteiger charge is 2.19. The largest absolute Gasteiger partial charge is 0.481 e. The number of amidine groups is 1. The van der Waals surface area contributed by atoms with Crippen LogP contribution in [0.1, 0.15) is 5.56 Å². The molecule has 0 unspecified atom stereocenters. The van der Waals surface area contributed by atoms with Crippen molar-refractivity contribution in [2.45, 2.75) is 0 Å². The molecule has 0 spiro atoms. The highest BCUT2D eigenvalue weighted by molar-refractivity contribution is 14.1. The van der Waals surface area contributed by atoms with E-state index in [0.717, 1.165) is 20.9 Å². The zero-order chi connectivity index (χ0) is 15.4. The fourth-order valence-corrected chi connectivity index (χ4v) is 2.87. The first kappa shape index (κ1) is 15.8. The van der Waals surface area contributed by atoms with Crippen LogP contribution in [0.2, 0.25) is 0 Å².